The van der Waals surface area contributed by atoms with Crippen LogP contribution in [0, 0.1) is 4.77 Å². The minimum absolute atomic E-state index is 0.0986. The fraction of sp³-hybridized carbons (Fsp3) is 0.231. The normalized spacial score (nSPS) is 10.6. The van der Waals surface area contributed by atoms with Gasteiger partial charge < -0.3 is 4.98 Å². The standard InChI is InChI=1S/C13H13BrN2OS/c1-2-11-10(12(17)16-13(18)15-11)7-8-3-5-9(14)6-4-8/h3-6H,2,7H2,1H3,(H2,15,16,17,18). The highest BCUT2D eigenvalue weighted by Gasteiger charge is 2.07. The van der Waals surface area contributed by atoms with E-state index in [1.807, 2.05) is 31.2 Å². The summed E-state index contributed by atoms with van der Waals surface area (Å²) in [6, 6.07) is 7.95. The molecule has 0 bridgehead atoms. The van der Waals surface area contributed by atoms with Crippen LogP contribution in [0.4, 0.5) is 0 Å². The predicted molar refractivity (Wildman–Crippen MR) is 78.6 cm³/mol. The number of hydrogen-bond donors (Lipinski definition) is 2. The van der Waals surface area contributed by atoms with E-state index in [9.17, 15) is 4.79 Å². The predicted octanol–water partition coefficient (Wildman–Crippen LogP) is 3.35. The van der Waals surface area contributed by atoms with Crippen molar-refractivity contribution < 1.29 is 0 Å². The van der Waals surface area contributed by atoms with Gasteiger partial charge in [-0.1, -0.05) is 35.0 Å². The Labute approximate surface area is 118 Å². The molecule has 0 spiro atoms. The van der Waals surface area contributed by atoms with E-state index in [1.165, 1.54) is 0 Å². The molecule has 0 saturated carbocycles. The molecule has 5 heteroatoms. The van der Waals surface area contributed by atoms with E-state index in [1.54, 1.807) is 0 Å². The van der Waals surface area contributed by atoms with Crippen LogP contribution in [0.1, 0.15) is 23.7 Å². The lowest BCUT2D eigenvalue weighted by atomic mass is 10.0. The number of halogens is 1. The summed E-state index contributed by atoms with van der Waals surface area (Å²) in [6.45, 7) is 2.01. The Hall–Kier alpha value is -1.20. The maximum Gasteiger partial charge on any atom is 0.255 e. The van der Waals surface area contributed by atoms with Gasteiger partial charge >= 0.3 is 0 Å². The van der Waals surface area contributed by atoms with Gasteiger partial charge in [0.05, 0.1) is 0 Å². The first kappa shape index (κ1) is 13.2. The number of benzene rings is 1. The van der Waals surface area contributed by atoms with Crippen LogP contribution in [-0.2, 0) is 12.8 Å². The van der Waals surface area contributed by atoms with Crippen LogP contribution >= 0.6 is 28.1 Å². The molecule has 0 radical (unpaired) electrons. The number of rotatable bonds is 3. The van der Waals surface area contributed by atoms with Gasteiger partial charge in [0.15, 0.2) is 4.77 Å². The lowest BCUT2D eigenvalue weighted by Gasteiger charge is -2.07. The number of aromatic nitrogens is 2. The van der Waals surface area contributed by atoms with Gasteiger partial charge in [-0.15, -0.1) is 0 Å². The molecule has 3 nitrogen and oxygen atoms in total. The lowest BCUT2D eigenvalue weighted by Crippen LogP contribution is -2.18. The number of H-pyrrole nitrogens is 2. The van der Waals surface area contributed by atoms with Gasteiger partial charge in [0.25, 0.3) is 5.56 Å². The minimum Gasteiger partial charge on any atom is -0.336 e. The second-order valence-corrected chi connectivity index (χ2v) is 5.35. The van der Waals surface area contributed by atoms with Crippen molar-refractivity contribution in [2.45, 2.75) is 19.8 Å². The zero-order valence-electron chi connectivity index (χ0n) is 9.92. The van der Waals surface area contributed by atoms with Crippen molar-refractivity contribution in [3.63, 3.8) is 0 Å². The second kappa shape index (κ2) is 5.63. The zero-order valence-corrected chi connectivity index (χ0v) is 12.3. The molecule has 2 rings (SSSR count). The molecule has 94 valence electrons. The smallest absolute Gasteiger partial charge is 0.255 e. The molecular formula is C13H13BrN2OS. The second-order valence-electron chi connectivity index (χ2n) is 4.02. The quantitative estimate of drug-likeness (QED) is 0.850. The van der Waals surface area contributed by atoms with E-state index in [4.69, 9.17) is 12.2 Å². The van der Waals surface area contributed by atoms with Crippen LogP contribution < -0.4 is 5.56 Å². The van der Waals surface area contributed by atoms with E-state index in [-0.39, 0.29) is 5.56 Å². The maximum absolute atomic E-state index is 11.9. The third kappa shape index (κ3) is 2.97. The topological polar surface area (TPSA) is 48.6 Å². The Morgan fingerprint density at radius 3 is 2.50 bits per heavy atom. The molecule has 0 amide bonds. The molecule has 0 saturated heterocycles. The molecule has 0 aliphatic heterocycles. The molecule has 1 aromatic carbocycles. The molecule has 0 aliphatic rings. The molecule has 0 fully saturated rings. The average Bonchev–Trinajstić information content (AvgIpc) is 2.34. The van der Waals surface area contributed by atoms with Gasteiger partial charge in [-0.3, -0.25) is 9.78 Å². The summed E-state index contributed by atoms with van der Waals surface area (Å²) < 4.78 is 1.42. The lowest BCUT2D eigenvalue weighted by molar-refractivity contribution is 0.907. The summed E-state index contributed by atoms with van der Waals surface area (Å²) in [5.74, 6) is 0. The molecular weight excluding hydrogens is 312 g/mol. The van der Waals surface area contributed by atoms with Crippen molar-refractivity contribution in [2.75, 3.05) is 0 Å². The van der Waals surface area contributed by atoms with Crippen LogP contribution in [0.15, 0.2) is 33.5 Å². The van der Waals surface area contributed by atoms with Crippen molar-refractivity contribution in [3.05, 3.63) is 60.7 Å². The Balaban J connectivity index is 2.42. The first-order chi connectivity index (χ1) is 8.60. The summed E-state index contributed by atoms with van der Waals surface area (Å²) in [4.78, 5) is 17.6. The highest BCUT2D eigenvalue weighted by molar-refractivity contribution is 9.10. The number of nitrogens with one attached hydrogen (secondary N) is 2. The fourth-order valence-corrected chi connectivity index (χ4v) is 2.33. The monoisotopic (exact) mass is 324 g/mol. The zero-order chi connectivity index (χ0) is 13.1. The Bertz CT molecular complexity index is 658. The van der Waals surface area contributed by atoms with Crippen molar-refractivity contribution in [1.29, 1.82) is 0 Å². The third-order valence-electron chi connectivity index (χ3n) is 2.78. The molecule has 2 N–H and O–H groups in total. The highest BCUT2D eigenvalue weighted by atomic mass is 79.9. The van der Waals surface area contributed by atoms with Gasteiger partial charge in [-0.2, -0.15) is 0 Å². The molecule has 1 aromatic heterocycles. The van der Waals surface area contributed by atoms with Gasteiger partial charge in [0.1, 0.15) is 0 Å². The SMILES string of the molecule is CCc1[nH]c(=S)[nH]c(=O)c1Cc1ccc(Br)cc1. The fourth-order valence-electron chi connectivity index (χ4n) is 1.85. The van der Waals surface area contributed by atoms with Crippen molar-refractivity contribution in [1.82, 2.24) is 9.97 Å². The molecule has 0 unspecified atom stereocenters. The molecule has 2 aromatic rings. The summed E-state index contributed by atoms with van der Waals surface area (Å²) in [7, 11) is 0. The van der Waals surface area contributed by atoms with E-state index in [2.05, 4.69) is 25.9 Å². The molecule has 0 aliphatic carbocycles. The van der Waals surface area contributed by atoms with Crippen LogP contribution in [-0.4, -0.2) is 9.97 Å². The first-order valence-electron chi connectivity index (χ1n) is 5.69. The summed E-state index contributed by atoms with van der Waals surface area (Å²) in [5.41, 5.74) is 2.67. The first-order valence-corrected chi connectivity index (χ1v) is 6.89. The minimum atomic E-state index is -0.0986. The van der Waals surface area contributed by atoms with Crippen LogP contribution in [0.5, 0.6) is 0 Å². The van der Waals surface area contributed by atoms with Gasteiger partial charge in [0.2, 0.25) is 0 Å². The van der Waals surface area contributed by atoms with E-state index < -0.39 is 0 Å². The Morgan fingerprint density at radius 1 is 1.22 bits per heavy atom. The van der Waals surface area contributed by atoms with Crippen LogP contribution in [0.3, 0.4) is 0 Å². The molecule has 0 atom stereocenters. The number of aromatic amines is 2. The van der Waals surface area contributed by atoms with Gasteiger partial charge in [-0.05, 0) is 36.3 Å². The van der Waals surface area contributed by atoms with E-state index >= 15 is 0 Å². The van der Waals surface area contributed by atoms with Crippen molar-refractivity contribution in [2.24, 2.45) is 0 Å². The molecule has 18 heavy (non-hydrogen) atoms. The van der Waals surface area contributed by atoms with Crippen LogP contribution in [0.2, 0.25) is 0 Å². The maximum atomic E-state index is 11.9. The number of hydrogen-bond acceptors (Lipinski definition) is 2. The van der Waals surface area contributed by atoms with Gasteiger partial charge in [0, 0.05) is 22.2 Å². The van der Waals surface area contributed by atoms with Crippen molar-refractivity contribution >= 4 is 28.1 Å². The Kier molecular flexibility index (Phi) is 4.14. The summed E-state index contributed by atoms with van der Waals surface area (Å²) >= 11 is 8.37. The van der Waals surface area contributed by atoms with E-state index in [0.29, 0.717) is 11.2 Å². The highest BCUT2D eigenvalue weighted by Crippen LogP contribution is 2.14. The third-order valence-corrected chi connectivity index (χ3v) is 3.51. The largest absolute Gasteiger partial charge is 0.336 e. The van der Waals surface area contributed by atoms with Crippen molar-refractivity contribution in [3.8, 4) is 0 Å². The summed E-state index contributed by atoms with van der Waals surface area (Å²) in [5, 5.41) is 0. The van der Waals surface area contributed by atoms with Crippen LogP contribution in [0.25, 0.3) is 0 Å². The van der Waals surface area contributed by atoms with Gasteiger partial charge in [-0.25, -0.2) is 0 Å². The molecule has 1 heterocycles. The summed E-state index contributed by atoms with van der Waals surface area (Å²) in [6.07, 6.45) is 1.37. The van der Waals surface area contributed by atoms with E-state index in [0.717, 1.165) is 27.7 Å². The number of aryl methyl sites for hydroxylation is 1. The Morgan fingerprint density at radius 2 is 1.89 bits per heavy atom. The average molecular weight is 325 g/mol.